The third-order valence-electron chi connectivity index (χ3n) is 2.14. The van der Waals surface area contributed by atoms with Crippen molar-refractivity contribution in [3.63, 3.8) is 0 Å². The summed E-state index contributed by atoms with van der Waals surface area (Å²) in [6.45, 7) is 0.970. The maximum atomic E-state index is 11.6. The molecule has 86 valence electrons. The number of rotatable bonds is 5. The number of hydrogen-bond acceptors (Lipinski definition) is 3. The van der Waals surface area contributed by atoms with E-state index in [2.05, 4.69) is 5.10 Å². The summed E-state index contributed by atoms with van der Waals surface area (Å²) in [7, 11) is 1.69. The zero-order valence-electron chi connectivity index (χ0n) is 9.06. The van der Waals surface area contributed by atoms with Gasteiger partial charge >= 0.3 is 0 Å². The SMILES string of the molecule is CN(CCC#N)C(=O)CCn1cc(Cl)cn1. The Morgan fingerprint density at radius 2 is 2.50 bits per heavy atom. The van der Waals surface area contributed by atoms with Crippen LogP contribution in [-0.4, -0.2) is 34.2 Å². The van der Waals surface area contributed by atoms with Crippen LogP contribution in [0, 0.1) is 11.3 Å². The summed E-state index contributed by atoms with van der Waals surface area (Å²) in [5.74, 6) is 0.00173. The van der Waals surface area contributed by atoms with Crippen LogP contribution >= 0.6 is 11.6 Å². The number of halogens is 1. The van der Waals surface area contributed by atoms with Crippen LogP contribution in [0.25, 0.3) is 0 Å². The normalized spacial score (nSPS) is 9.81. The average Bonchev–Trinajstić information content (AvgIpc) is 2.68. The maximum Gasteiger partial charge on any atom is 0.224 e. The van der Waals surface area contributed by atoms with Gasteiger partial charge in [-0.15, -0.1) is 0 Å². The molecule has 1 heterocycles. The molecule has 16 heavy (non-hydrogen) atoms. The number of carbonyl (C=O) groups is 1. The first-order valence-corrected chi connectivity index (χ1v) is 5.30. The summed E-state index contributed by atoms with van der Waals surface area (Å²) in [5, 5.41) is 12.9. The standard InChI is InChI=1S/C10H13ClN4O/c1-14(5-2-4-12)10(16)3-6-15-8-9(11)7-13-15/h7-8H,2-3,5-6H2,1H3. The Labute approximate surface area is 99.2 Å². The fourth-order valence-electron chi connectivity index (χ4n) is 1.20. The molecule has 0 spiro atoms. The molecule has 1 amide bonds. The Balaban J connectivity index is 2.32. The molecule has 1 aromatic heterocycles. The van der Waals surface area contributed by atoms with Gasteiger partial charge < -0.3 is 4.90 Å². The number of carbonyl (C=O) groups excluding carboxylic acids is 1. The van der Waals surface area contributed by atoms with E-state index in [1.807, 2.05) is 6.07 Å². The lowest BCUT2D eigenvalue weighted by atomic mass is 10.3. The Hall–Kier alpha value is -1.54. The Bertz CT molecular complexity index is 396. The minimum atomic E-state index is 0.00173. The fraction of sp³-hybridized carbons (Fsp3) is 0.500. The molecular formula is C10H13ClN4O. The molecule has 0 aliphatic rings. The van der Waals surface area contributed by atoms with Crippen molar-refractivity contribution in [2.24, 2.45) is 0 Å². The zero-order valence-corrected chi connectivity index (χ0v) is 9.81. The van der Waals surface area contributed by atoms with Gasteiger partial charge in [-0.3, -0.25) is 9.48 Å². The van der Waals surface area contributed by atoms with E-state index in [-0.39, 0.29) is 5.91 Å². The summed E-state index contributed by atoms with van der Waals surface area (Å²) >= 11 is 5.69. The van der Waals surface area contributed by atoms with Crippen molar-refractivity contribution in [1.82, 2.24) is 14.7 Å². The van der Waals surface area contributed by atoms with Gasteiger partial charge in [0.05, 0.1) is 23.7 Å². The smallest absolute Gasteiger partial charge is 0.224 e. The number of aryl methyl sites for hydroxylation is 1. The van der Waals surface area contributed by atoms with Crippen LogP contribution in [-0.2, 0) is 11.3 Å². The molecule has 0 unspecified atom stereocenters. The van der Waals surface area contributed by atoms with E-state index in [1.54, 1.807) is 22.8 Å². The Morgan fingerprint density at radius 1 is 1.75 bits per heavy atom. The fourth-order valence-corrected chi connectivity index (χ4v) is 1.36. The Morgan fingerprint density at radius 3 is 3.06 bits per heavy atom. The molecule has 0 N–H and O–H groups in total. The highest BCUT2D eigenvalue weighted by molar-refractivity contribution is 6.30. The molecule has 0 saturated carbocycles. The highest BCUT2D eigenvalue weighted by atomic mass is 35.5. The summed E-state index contributed by atoms with van der Waals surface area (Å²) in [4.78, 5) is 13.1. The minimum Gasteiger partial charge on any atom is -0.345 e. The van der Waals surface area contributed by atoms with E-state index in [0.29, 0.717) is 31.0 Å². The summed E-state index contributed by atoms with van der Waals surface area (Å²) in [5.41, 5.74) is 0. The van der Waals surface area contributed by atoms with Crippen LogP contribution in [0.1, 0.15) is 12.8 Å². The molecule has 0 saturated heterocycles. The molecule has 0 bridgehead atoms. The third-order valence-corrected chi connectivity index (χ3v) is 2.34. The van der Waals surface area contributed by atoms with Crippen molar-refractivity contribution in [1.29, 1.82) is 5.26 Å². The van der Waals surface area contributed by atoms with Crippen LogP contribution in [0.5, 0.6) is 0 Å². The van der Waals surface area contributed by atoms with Crippen molar-refractivity contribution in [3.8, 4) is 6.07 Å². The Kier molecular flexibility index (Phi) is 4.80. The predicted molar refractivity (Wildman–Crippen MR) is 59.7 cm³/mol. The van der Waals surface area contributed by atoms with Crippen LogP contribution in [0.2, 0.25) is 5.02 Å². The van der Waals surface area contributed by atoms with Gasteiger partial charge in [0.2, 0.25) is 5.91 Å². The van der Waals surface area contributed by atoms with Crippen molar-refractivity contribution in [2.75, 3.05) is 13.6 Å². The second kappa shape index (κ2) is 6.13. The molecule has 0 aliphatic heterocycles. The molecule has 0 fully saturated rings. The van der Waals surface area contributed by atoms with Gasteiger partial charge in [-0.25, -0.2) is 0 Å². The third kappa shape index (κ3) is 3.91. The lowest BCUT2D eigenvalue weighted by molar-refractivity contribution is -0.130. The van der Waals surface area contributed by atoms with Gasteiger partial charge in [0.25, 0.3) is 0 Å². The van der Waals surface area contributed by atoms with Crippen LogP contribution in [0.3, 0.4) is 0 Å². The van der Waals surface area contributed by atoms with E-state index >= 15 is 0 Å². The lowest BCUT2D eigenvalue weighted by Crippen LogP contribution is -2.28. The average molecular weight is 241 g/mol. The predicted octanol–water partition coefficient (Wildman–Crippen LogP) is 1.30. The summed E-state index contributed by atoms with van der Waals surface area (Å²) < 4.78 is 1.62. The molecule has 0 aromatic carbocycles. The molecule has 5 nitrogen and oxygen atoms in total. The first-order valence-electron chi connectivity index (χ1n) is 4.92. The number of hydrogen-bond donors (Lipinski definition) is 0. The number of amides is 1. The second-order valence-corrected chi connectivity index (χ2v) is 3.83. The van der Waals surface area contributed by atoms with E-state index < -0.39 is 0 Å². The van der Waals surface area contributed by atoms with Gasteiger partial charge in [-0.2, -0.15) is 10.4 Å². The van der Waals surface area contributed by atoms with E-state index in [0.717, 1.165) is 0 Å². The molecule has 0 radical (unpaired) electrons. The lowest BCUT2D eigenvalue weighted by Gasteiger charge is -2.15. The van der Waals surface area contributed by atoms with Crippen LogP contribution in [0.15, 0.2) is 12.4 Å². The minimum absolute atomic E-state index is 0.00173. The topological polar surface area (TPSA) is 61.9 Å². The zero-order chi connectivity index (χ0) is 12.0. The molecule has 0 atom stereocenters. The highest BCUT2D eigenvalue weighted by Gasteiger charge is 2.08. The largest absolute Gasteiger partial charge is 0.345 e. The number of nitriles is 1. The van der Waals surface area contributed by atoms with Gasteiger partial charge in [-0.1, -0.05) is 11.6 Å². The monoisotopic (exact) mass is 240 g/mol. The van der Waals surface area contributed by atoms with Crippen molar-refractivity contribution in [2.45, 2.75) is 19.4 Å². The molecule has 1 rings (SSSR count). The van der Waals surface area contributed by atoms with Gasteiger partial charge in [0.1, 0.15) is 0 Å². The first kappa shape index (κ1) is 12.5. The van der Waals surface area contributed by atoms with E-state index in [4.69, 9.17) is 16.9 Å². The summed E-state index contributed by atoms with van der Waals surface area (Å²) in [6.07, 6.45) is 3.92. The first-order chi connectivity index (χ1) is 7.63. The van der Waals surface area contributed by atoms with Gasteiger partial charge in [-0.05, 0) is 0 Å². The van der Waals surface area contributed by atoms with Crippen molar-refractivity contribution >= 4 is 17.5 Å². The molecule has 0 aliphatic carbocycles. The van der Waals surface area contributed by atoms with E-state index in [1.165, 1.54) is 6.20 Å². The number of nitrogens with zero attached hydrogens (tertiary/aromatic N) is 4. The summed E-state index contributed by atoms with van der Waals surface area (Å²) in [6, 6.07) is 2.00. The van der Waals surface area contributed by atoms with Crippen LogP contribution < -0.4 is 0 Å². The maximum absolute atomic E-state index is 11.6. The second-order valence-electron chi connectivity index (χ2n) is 3.40. The quantitative estimate of drug-likeness (QED) is 0.779. The van der Waals surface area contributed by atoms with E-state index in [9.17, 15) is 4.79 Å². The van der Waals surface area contributed by atoms with Gasteiger partial charge in [0.15, 0.2) is 0 Å². The molecule has 6 heteroatoms. The number of aromatic nitrogens is 2. The molecule has 1 aromatic rings. The van der Waals surface area contributed by atoms with Crippen LogP contribution in [0.4, 0.5) is 0 Å². The van der Waals surface area contributed by atoms with Gasteiger partial charge in [0, 0.05) is 32.8 Å². The van der Waals surface area contributed by atoms with Crippen molar-refractivity contribution < 1.29 is 4.79 Å². The van der Waals surface area contributed by atoms with Crippen molar-refractivity contribution in [3.05, 3.63) is 17.4 Å². The molecular weight excluding hydrogens is 228 g/mol. The highest BCUT2D eigenvalue weighted by Crippen LogP contribution is 2.05.